The Morgan fingerprint density at radius 3 is 2.31 bits per heavy atom. The molecule has 13 heavy (non-hydrogen) atoms. The highest BCUT2D eigenvalue weighted by Crippen LogP contribution is 2.53. The molecule has 2 aliphatic heterocycles. The van der Waals surface area contributed by atoms with Gasteiger partial charge in [-0.25, -0.2) is 0 Å². The van der Waals surface area contributed by atoms with Crippen LogP contribution in [-0.2, 0) is 9.53 Å². The first-order valence-corrected chi connectivity index (χ1v) is 5.43. The maximum Gasteiger partial charge on any atom is 0.253 e. The standard InChI is InChI=1S/C10H13ClO2/c11-9(12)10-4-6-1-7(5-10)3-8(2-6)13-10/h6-8H,1-5H2/t6-,7+,8?,10?. The monoisotopic (exact) mass is 200 g/mol. The number of rotatable bonds is 1. The van der Waals surface area contributed by atoms with Crippen LogP contribution in [-0.4, -0.2) is 16.9 Å². The molecule has 4 rings (SSSR count). The van der Waals surface area contributed by atoms with E-state index in [0.717, 1.165) is 25.7 Å². The fourth-order valence-corrected chi connectivity index (χ4v) is 3.77. The van der Waals surface area contributed by atoms with Crippen molar-refractivity contribution in [1.29, 1.82) is 0 Å². The van der Waals surface area contributed by atoms with E-state index >= 15 is 0 Å². The van der Waals surface area contributed by atoms with E-state index in [1.165, 1.54) is 6.42 Å². The van der Waals surface area contributed by atoms with Crippen molar-refractivity contribution in [2.24, 2.45) is 11.8 Å². The van der Waals surface area contributed by atoms with E-state index in [9.17, 15) is 4.79 Å². The van der Waals surface area contributed by atoms with Crippen molar-refractivity contribution < 1.29 is 9.53 Å². The number of carbonyl (C=O) groups is 1. The fourth-order valence-electron chi connectivity index (χ4n) is 3.57. The molecule has 2 nitrogen and oxygen atoms in total. The van der Waals surface area contributed by atoms with Crippen molar-refractivity contribution in [1.82, 2.24) is 0 Å². The Bertz CT molecular complexity index is 226. The molecule has 2 saturated carbocycles. The first kappa shape index (κ1) is 8.25. The third kappa shape index (κ3) is 1.08. The van der Waals surface area contributed by atoms with Gasteiger partial charge in [0.1, 0.15) is 5.60 Å². The zero-order valence-corrected chi connectivity index (χ0v) is 8.22. The minimum atomic E-state index is -0.573. The second kappa shape index (κ2) is 2.48. The molecule has 0 amide bonds. The van der Waals surface area contributed by atoms with Crippen LogP contribution >= 0.6 is 11.6 Å². The second-order valence-corrected chi connectivity index (χ2v) is 5.20. The first-order valence-electron chi connectivity index (χ1n) is 5.06. The van der Waals surface area contributed by atoms with Gasteiger partial charge in [0.25, 0.3) is 5.24 Å². The lowest BCUT2D eigenvalue weighted by molar-refractivity contribution is -0.211. The molecule has 0 aromatic rings. The summed E-state index contributed by atoms with van der Waals surface area (Å²) < 4.78 is 5.79. The van der Waals surface area contributed by atoms with E-state index in [0.29, 0.717) is 17.9 Å². The predicted octanol–water partition coefficient (Wildman–Crippen LogP) is 2.10. The van der Waals surface area contributed by atoms with Crippen molar-refractivity contribution in [2.75, 3.05) is 0 Å². The number of hydrogen-bond acceptors (Lipinski definition) is 2. The van der Waals surface area contributed by atoms with Gasteiger partial charge in [0, 0.05) is 0 Å². The summed E-state index contributed by atoms with van der Waals surface area (Å²) in [7, 11) is 0. The topological polar surface area (TPSA) is 26.3 Å². The van der Waals surface area contributed by atoms with Crippen LogP contribution in [0.1, 0.15) is 32.1 Å². The van der Waals surface area contributed by atoms with E-state index in [-0.39, 0.29) is 5.24 Å². The van der Waals surface area contributed by atoms with Crippen LogP contribution in [0.2, 0.25) is 0 Å². The molecule has 0 radical (unpaired) electrons. The molecule has 4 aliphatic rings. The van der Waals surface area contributed by atoms with Crippen molar-refractivity contribution in [2.45, 2.75) is 43.8 Å². The Balaban J connectivity index is 1.95. The third-order valence-corrected chi connectivity index (χ3v) is 4.19. The first-order chi connectivity index (χ1) is 6.18. The van der Waals surface area contributed by atoms with Crippen LogP contribution in [0.3, 0.4) is 0 Å². The SMILES string of the molecule is O=C(Cl)C12C[C@@H]3CC(C[C@@H](C3)C1)O2. The molecular weight excluding hydrogens is 188 g/mol. The predicted molar refractivity (Wildman–Crippen MR) is 48.5 cm³/mol. The molecule has 3 heteroatoms. The smallest absolute Gasteiger partial charge is 0.253 e. The molecule has 2 unspecified atom stereocenters. The molecule has 72 valence electrons. The Kier molecular flexibility index (Phi) is 1.58. The largest absolute Gasteiger partial charge is 0.363 e. The van der Waals surface area contributed by atoms with Crippen LogP contribution in [0.5, 0.6) is 0 Å². The Morgan fingerprint density at radius 2 is 1.85 bits per heavy atom. The van der Waals surface area contributed by atoms with E-state index < -0.39 is 5.60 Å². The lowest BCUT2D eigenvalue weighted by atomic mass is 9.62. The van der Waals surface area contributed by atoms with Gasteiger partial charge in [0.05, 0.1) is 6.10 Å². The highest BCUT2D eigenvalue weighted by molar-refractivity contribution is 6.65. The Labute approximate surface area is 82.6 Å². The van der Waals surface area contributed by atoms with Crippen LogP contribution in [0, 0.1) is 11.8 Å². The van der Waals surface area contributed by atoms with Gasteiger partial charge in [-0.1, -0.05) is 0 Å². The average Bonchev–Trinajstić information content (AvgIpc) is 2.00. The molecule has 0 N–H and O–H groups in total. The summed E-state index contributed by atoms with van der Waals surface area (Å²) >= 11 is 5.63. The summed E-state index contributed by atoms with van der Waals surface area (Å²) in [6.45, 7) is 0. The van der Waals surface area contributed by atoms with E-state index in [1.807, 2.05) is 0 Å². The number of hydrogen-bond donors (Lipinski definition) is 0. The number of carbonyl (C=O) groups excluding carboxylic acids is 1. The number of ether oxygens (including phenoxy) is 1. The maximum atomic E-state index is 11.3. The molecule has 4 bridgehead atoms. The van der Waals surface area contributed by atoms with E-state index in [2.05, 4.69) is 0 Å². The van der Waals surface area contributed by atoms with Crippen molar-refractivity contribution in [3.05, 3.63) is 0 Å². The summed E-state index contributed by atoms with van der Waals surface area (Å²) in [6.07, 6.45) is 5.69. The summed E-state index contributed by atoms with van der Waals surface area (Å²) in [4.78, 5) is 11.3. The van der Waals surface area contributed by atoms with Gasteiger partial charge >= 0.3 is 0 Å². The van der Waals surface area contributed by atoms with E-state index in [1.54, 1.807) is 0 Å². The molecular formula is C10H13ClO2. The normalized spacial score (nSPS) is 52.5. The van der Waals surface area contributed by atoms with E-state index in [4.69, 9.17) is 16.3 Å². The van der Waals surface area contributed by atoms with Crippen molar-refractivity contribution in [3.8, 4) is 0 Å². The van der Waals surface area contributed by atoms with Gasteiger partial charge in [0.2, 0.25) is 0 Å². The molecule has 0 aromatic carbocycles. The Hall–Kier alpha value is -0.0800. The van der Waals surface area contributed by atoms with Gasteiger partial charge in [-0.05, 0) is 55.5 Å². The number of halogens is 1. The van der Waals surface area contributed by atoms with Crippen LogP contribution in [0.25, 0.3) is 0 Å². The van der Waals surface area contributed by atoms with Gasteiger partial charge in [-0.3, -0.25) is 4.79 Å². The quantitative estimate of drug-likeness (QED) is 0.606. The zero-order chi connectivity index (χ0) is 9.05. The van der Waals surface area contributed by atoms with Crippen LogP contribution in [0.15, 0.2) is 0 Å². The molecule has 2 aliphatic carbocycles. The minimum Gasteiger partial charge on any atom is -0.363 e. The highest BCUT2D eigenvalue weighted by atomic mass is 35.5. The lowest BCUT2D eigenvalue weighted by Crippen LogP contribution is -2.57. The molecule has 0 aromatic heterocycles. The Morgan fingerprint density at radius 1 is 1.23 bits per heavy atom. The van der Waals surface area contributed by atoms with Crippen molar-refractivity contribution >= 4 is 16.8 Å². The minimum absolute atomic E-state index is 0.258. The summed E-state index contributed by atoms with van der Waals surface area (Å²) in [6, 6.07) is 0. The molecule has 2 saturated heterocycles. The highest BCUT2D eigenvalue weighted by Gasteiger charge is 2.55. The summed E-state index contributed by atoms with van der Waals surface area (Å²) in [5, 5.41) is -0.258. The fraction of sp³-hybridized carbons (Fsp3) is 0.900. The molecule has 0 spiro atoms. The summed E-state index contributed by atoms with van der Waals surface area (Å²) in [5.41, 5.74) is -0.573. The van der Waals surface area contributed by atoms with Crippen molar-refractivity contribution in [3.63, 3.8) is 0 Å². The van der Waals surface area contributed by atoms with Gasteiger partial charge in [-0.2, -0.15) is 0 Å². The van der Waals surface area contributed by atoms with Gasteiger partial charge in [-0.15, -0.1) is 0 Å². The molecule has 4 atom stereocenters. The maximum absolute atomic E-state index is 11.3. The second-order valence-electron chi connectivity index (χ2n) is 4.86. The average molecular weight is 201 g/mol. The van der Waals surface area contributed by atoms with Crippen LogP contribution in [0.4, 0.5) is 0 Å². The summed E-state index contributed by atoms with van der Waals surface area (Å²) in [5.74, 6) is 1.41. The van der Waals surface area contributed by atoms with Crippen LogP contribution < -0.4 is 0 Å². The van der Waals surface area contributed by atoms with Gasteiger partial charge in [0.15, 0.2) is 0 Å². The zero-order valence-electron chi connectivity index (χ0n) is 7.46. The molecule has 4 fully saturated rings. The molecule has 2 heterocycles. The van der Waals surface area contributed by atoms with Gasteiger partial charge < -0.3 is 4.74 Å². The lowest BCUT2D eigenvalue weighted by Gasteiger charge is -2.54. The third-order valence-electron chi connectivity index (χ3n) is 3.85.